The summed E-state index contributed by atoms with van der Waals surface area (Å²) in [5.74, 6) is 0. The molecule has 0 amide bonds. The first kappa shape index (κ1) is 9.93. The van der Waals surface area contributed by atoms with E-state index in [1.807, 2.05) is 42.0 Å². The SMILES string of the molecule is CCC(O)c1ccc(-n2ccnc2)cc1. The maximum Gasteiger partial charge on any atom is 0.0991 e. The first-order valence-corrected chi connectivity index (χ1v) is 5.07. The van der Waals surface area contributed by atoms with E-state index in [2.05, 4.69) is 4.98 Å². The monoisotopic (exact) mass is 202 g/mol. The van der Waals surface area contributed by atoms with Crippen LogP contribution in [0.25, 0.3) is 5.69 Å². The fourth-order valence-corrected chi connectivity index (χ4v) is 1.52. The lowest BCUT2D eigenvalue weighted by molar-refractivity contribution is 0.173. The van der Waals surface area contributed by atoms with Gasteiger partial charge < -0.3 is 9.67 Å². The predicted octanol–water partition coefficient (Wildman–Crippen LogP) is 2.32. The van der Waals surface area contributed by atoms with Crippen LogP contribution in [0.4, 0.5) is 0 Å². The topological polar surface area (TPSA) is 38.0 Å². The second-order valence-electron chi connectivity index (χ2n) is 3.49. The molecule has 2 rings (SSSR count). The molecular weight excluding hydrogens is 188 g/mol. The zero-order chi connectivity index (χ0) is 10.7. The summed E-state index contributed by atoms with van der Waals surface area (Å²) in [5, 5.41) is 9.63. The average Bonchev–Trinajstić information content (AvgIpc) is 2.82. The third-order valence-electron chi connectivity index (χ3n) is 2.47. The van der Waals surface area contributed by atoms with Crippen LogP contribution < -0.4 is 0 Å². The molecule has 3 heteroatoms. The van der Waals surface area contributed by atoms with Gasteiger partial charge in [0.05, 0.1) is 12.4 Å². The molecule has 1 heterocycles. The van der Waals surface area contributed by atoms with Crippen molar-refractivity contribution in [2.24, 2.45) is 0 Å². The number of rotatable bonds is 3. The van der Waals surface area contributed by atoms with Gasteiger partial charge in [-0.2, -0.15) is 0 Å². The Balaban J connectivity index is 2.25. The van der Waals surface area contributed by atoms with Crippen LogP contribution in [0.15, 0.2) is 43.0 Å². The van der Waals surface area contributed by atoms with Crippen LogP contribution in [-0.2, 0) is 0 Å². The van der Waals surface area contributed by atoms with Gasteiger partial charge in [-0.25, -0.2) is 4.98 Å². The quantitative estimate of drug-likeness (QED) is 0.829. The summed E-state index contributed by atoms with van der Waals surface area (Å²) in [5.41, 5.74) is 2.01. The van der Waals surface area contributed by atoms with E-state index in [0.717, 1.165) is 17.7 Å². The van der Waals surface area contributed by atoms with Crippen LogP contribution >= 0.6 is 0 Å². The van der Waals surface area contributed by atoms with Crippen molar-refractivity contribution >= 4 is 0 Å². The maximum atomic E-state index is 9.63. The van der Waals surface area contributed by atoms with Crippen molar-refractivity contribution in [3.63, 3.8) is 0 Å². The number of hydrogen-bond donors (Lipinski definition) is 1. The van der Waals surface area contributed by atoms with Gasteiger partial charge in [0.2, 0.25) is 0 Å². The largest absolute Gasteiger partial charge is 0.388 e. The second-order valence-corrected chi connectivity index (χ2v) is 3.49. The van der Waals surface area contributed by atoms with E-state index < -0.39 is 0 Å². The Hall–Kier alpha value is -1.61. The molecule has 1 atom stereocenters. The molecule has 1 N–H and O–H groups in total. The minimum atomic E-state index is -0.359. The maximum absolute atomic E-state index is 9.63. The van der Waals surface area contributed by atoms with Crippen molar-refractivity contribution in [2.45, 2.75) is 19.4 Å². The molecule has 15 heavy (non-hydrogen) atoms. The van der Waals surface area contributed by atoms with Crippen LogP contribution in [0.5, 0.6) is 0 Å². The van der Waals surface area contributed by atoms with Gasteiger partial charge >= 0.3 is 0 Å². The van der Waals surface area contributed by atoms with Crippen LogP contribution in [-0.4, -0.2) is 14.7 Å². The molecule has 2 aromatic rings. The Morgan fingerprint density at radius 3 is 2.60 bits per heavy atom. The lowest BCUT2D eigenvalue weighted by atomic mass is 10.1. The van der Waals surface area contributed by atoms with Crippen molar-refractivity contribution in [2.75, 3.05) is 0 Å². The molecule has 0 spiro atoms. The van der Waals surface area contributed by atoms with Gasteiger partial charge in [0.25, 0.3) is 0 Å². The van der Waals surface area contributed by atoms with Gasteiger partial charge in [-0.1, -0.05) is 19.1 Å². The van der Waals surface area contributed by atoms with E-state index in [9.17, 15) is 5.11 Å². The van der Waals surface area contributed by atoms with E-state index >= 15 is 0 Å². The third kappa shape index (κ3) is 2.07. The third-order valence-corrected chi connectivity index (χ3v) is 2.47. The summed E-state index contributed by atoms with van der Waals surface area (Å²) in [7, 11) is 0. The highest BCUT2D eigenvalue weighted by atomic mass is 16.3. The molecule has 0 aliphatic heterocycles. The van der Waals surface area contributed by atoms with Crippen molar-refractivity contribution in [3.05, 3.63) is 48.5 Å². The molecule has 1 unspecified atom stereocenters. The Kier molecular flexibility index (Phi) is 2.83. The zero-order valence-electron chi connectivity index (χ0n) is 8.67. The molecular formula is C12H14N2O. The highest BCUT2D eigenvalue weighted by molar-refractivity contribution is 5.35. The summed E-state index contributed by atoms with van der Waals surface area (Å²) in [6.07, 6.45) is 5.78. The molecule has 78 valence electrons. The van der Waals surface area contributed by atoms with Crippen LogP contribution in [0.3, 0.4) is 0 Å². The zero-order valence-corrected chi connectivity index (χ0v) is 8.67. The standard InChI is InChI=1S/C12H14N2O/c1-2-12(15)10-3-5-11(6-4-10)14-8-7-13-9-14/h3-9,12,15H,2H2,1H3. The summed E-state index contributed by atoms with van der Waals surface area (Å²) in [4.78, 5) is 3.99. The minimum Gasteiger partial charge on any atom is -0.388 e. The van der Waals surface area contributed by atoms with Crippen molar-refractivity contribution in [1.29, 1.82) is 0 Å². The highest BCUT2D eigenvalue weighted by Crippen LogP contribution is 2.17. The number of imidazole rings is 1. The summed E-state index contributed by atoms with van der Waals surface area (Å²) < 4.78 is 1.93. The molecule has 0 saturated heterocycles. The Bertz CT molecular complexity index is 406. The molecule has 1 aromatic carbocycles. The molecule has 0 saturated carbocycles. The van der Waals surface area contributed by atoms with Crippen molar-refractivity contribution in [1.82, 2.24) is 9.55 Å². The summed E-state index contributed by atoms with van der Waals surface area (Å²) in [6, 6.07) is 7.86. The first-order chi connectivity index (χ1) is 7.31. The lowest BCUT2D eigenvalue weighted by Crippen LogP contribution is -1.96. The molecule has 0 fully saturated rings. The number of benzene rings is 1. The first-order valence-electron chi connectivity index (χ1n) is 5.07. The molecule has 0 aliphatic rings. The number of aliphatic hydroxyl groups excluding tert-OH is 1. The Morgan fingerprint density at radius 2 is 2.07 bits per heavy atom. The molecule has 1 aromatic heterocycles. The normalized spacial score (nSPS) is 12.7. The highest BCUT2D eigenvalue weighted by Gasteiger charge is 2.04. The van der Waals surface area contributed by atoms with Gasteiger partial charge in [0.15, 0.2) is 0 Å². The van der Waals surface area contributed by atoms with Gasteiger partial charge in [0, 0.05) is 18.1 Å². The van der Waals surface area contributed by atoms with E-state index in [-0.39, 0.29) is 6.10 Å². The predicted molar refractivity (Wildman–Crippen MR) is 58.8 cm³/mol. The smallest absolute Gasteiger partial charge is 0.0991 e. The summed E-state index contributed by atoms with van der Waals surface area (Å²) >= 11 is 0. The van der Waals surface area contributed by atoms with Crippen LogP contribution in [0, 0.1) is 0 Å². The van der Waals surface area contributed by atoms with Crippen molar-refractivity contribution < 1.29 is 5.11 Å². The Labute approximate surface area is 89.0 Å². The summed E-state index contributed by atoms with van der Waals surface area (Å²) in [6.45, 7) is 1.97. The average molecular weight is 202 g/mol. The van der Waals surface area contributed by atoms with Gasteiger partial charge in [-0.05, 0) is 24.1 Å². The minimum absolute atomic E-state index is 0.359. The van der Waals surface area contributed by atoms with E-state index in [4.69, 9.17) is 0 Å². The fourth-order valence-electron chi connectivity index (χ4n) is 1.52. The van der Waals surface area contributed by atoms with E-state index in [1.54, 1.807) is 12.5 Å². The number of aliphatic hydroxyl groups is 1. The number of nitrogens with zero attached hydrogens (tertiary/aromatic N) is 2. The van der Waals surface area contributed by atoms with Crippen LogP contribution in [0.1, 0.15) is 25.0 Å². The van der Waals surface area contributed by atoms with Gasteiger partial charge in [-0.15, -0.1) is 0 Å². The van der Waals surface area contributed by atoms with Crippen LogP contribution in [0.2, 0.25) is 0 Å². The number of aromatic nitrogens is 2. The lowest BCUT2D eigenvalue weighted by Gasteiger charge is -2.09. The molecule has 0 radical (unpaired) electrons. The van der Waals surface area contributed by atoms with Gasteiger partial charge in [-0.3, -0.25) is 0 Å². The fraction of sp³-hybridized carbons (Fsp3) is 0.250. The van der Waals surface area contributed by atoms with Crippen molar-refractivity contribution in [3.8, 4) is 5.69 Å². The van der Waals surface area contributed by atoms with E-state index in [0.29, 0.717) is 0 Å². The van der Waals surface area contributed by atoms with E-state index in [1.165, 1.54) is 0 Å². The molecule has 0 aliphatic carbocycles. The van der Waals surface area contributed by atoms with Gasteiger partial charge in [0.1, 0.15) is 0 Å². The number of hydrogen-bond acceptors (Lipinski definition) is 2. The Morgan fingerprint density at radius 1 is 1.33 bits per heavy atom. The molecule has 0 bridgehead atoms. The second kappa shape index (κ2) is 4.28. The molecule has 3 nitrogen and oxygen atoms in total.